The Hall–Kier alpha value is -1.10. The fourth-order valence-electron chi connectivity index (χ4n) is 1.37. The van der Waals surface area contributed by atoms with Crippen molar-refractivity contribution in [2.24, 2.45) is 5.92 Å². The molecule has 0 radical (unpaired) electrons. The molecule has 1 aromatic carbocycles. The number of halogens is 2. The van der Waals surface area contributed by atoms with Gasteiger partial charge in [0.1, 0.15) is 11.6 Å². The zero-order valence-corrected chi connectivity index (χ0v) is 11.2. The molecule has 0 bridgehead atoms. The minimum atomic E-state index is -1.32. The van der Waals surface area contributed by atoms with Crippen molar-refractivity contribution in [3.8, 4) is 0 Å². The molecule has 100 valence electrons. The molecule has 0 saturated carbocycles. The Morgan fingerprint density at radius 2 is 2.00 bits per heavy atom. The second kappa shape index (κ2) is 6.73. The van der Waals surface area contributed by atoms with Gasteiger partial charge in [0.2, 0.25) is 0 Å². The Labute approximate surface area is 108 Å². The van der Waals surface area contributed by atoms with Gasteiger partial charge in [-0.15, -0.1) is 0 Å². The Morgan fingerprint density at radius 3 is 2.61 bits per heavy atom. The maximum absolute atomic E-state index is 13.3. The van der Waals surface area contributed by atoms with Gasteiger partial charge in [0.15, 0.2) is 5.78 Å². The lowest BCUT2D eigenvalue weighted by molar-refractivity contribution is 0.101. The molecule has 1 rings (SSSR count). The van der Waals surface area contributed by atoms with E-state index in [1.807, 2.05) is 13.8 Å². The van der Waals surface area contributed by atoms with Crippen molar-refractivity contribution in [1.82, 2.24) is 0 Å². The van der Waals surface area contributed by atoms with E-state index in [4.69, 9.17) is 0 Å². The summed E-state index contributed by atoms with van der Waals surface area (Å²) in [5, 5.41) is 0. The fourth-order valence-corrected chi connectivity index (χ4v) is 2.70. The number of carbonyl (C=O) groups is 1. The van der Waals surface area contributed by atoms with E-state index in [-0.39, 0.29) is 11.3 Å². The number of hydrogen-bond donors (Lipinski definition) is 0. The van der Waals surface area contributed by atoms with E-state index in [1.54, 1.807) is 0 Å². The van der Waals surface area contributed by atoms with Crippen molar-refractivity contribution in [3.63, 3.8) is 0 Å². The molecule has 0 aliphatic heterocycles. The molecule has 0 aliphatic carbocycles. The molecule has 0 N–H and O–H groups in total. The third-order valence-corrected chi connectivity index (χ3v) is 3.72. The van der Waals surface area contributed by atoms with Crippen LogP contribution in [0.2, 0.25) is 0 Å². The molecule has 0 fully saturated rings. The summed E-state index contributed by atoms with van der Waals surface area (Å²) in [5.74, 6) is -1.52. The lowest BCUT2D eigenvalue weighted by Gasteiger charge is -2.05. The van der Waals surface area contributed by atoms with Crippen LogP contribution in [0.4, 0.5) is 8.78 Å². The summed E-state index contributed by atoms with van der Waals surface area (Å²) in [4.78, 5) is 11.7. The minimum Gasteiger partial charge on any atom is -0.293 e. The lowest BCUT2D eigenvalue weighted by Crippen LogP contribution is -2.15. The van der Waals surface area contributed by atoms with E-state index in [0.717, 1.165) is 24.6 Å². The maximum Gasteiger partial charge on any atom is 0.178 e. The molecule has 2 nitrogen and oxygen atoms in total. The first-order valence-electron chi connectivity index (χ1n) is 5.73. The molecule has 1 aromatic rings. The third-order valence-electron chi connectivity index (χ3n) is 2.44. The lowest BCUT2D eigenvalue weighted by atomic mass is 10.1. The molecule has 18 heavy (non-hydrogen) atoms. The molecular formula is C13H16F2O2S. The van der Waals surface area contributed by atoms with E-state index in [9.17, 15) is 17.8 Å². The van der Waals surface area contributed by atoms with E-state index in [1.165, 1.54) is 0 Å². The van der Waals surface area contributed by atoms with E-state index < -0.39 is 28.2 Å². The van der Waals surface area contributed by atoms with Crippen LogP contribution in [0.5, 0.6) is 0 Å². The largest absolute Gasteiger partial charge is 0.293 e. The first-order chi connectivity index (χ1) is 8.40. The molecule has 5 heteroatoms. The van der Waals surface area contributed by atoms with E-state index in [0.29, 0.717) is 11.7 Å². The van der Waals surface area contributed by atoms with Gasteiger partial charge in [0.05, 0.1) is 11.3 Å². The van der Waals surface area contributed by atoms with Crippen LogP contribution in [0.1, 0.15) is 30.6 Å². The summed E-state index contributed by atoms with van der Waals surface area (Å²) in [6, 6.07) is 2.69. The molecule has 1 atom stereocenters. The van der Waals surface area contributed by atoms with Crippen LogP contribution in [0.25, 0.3) is 0 Å². The molecule has 0 aliphatic rings. The highest BCUT2D eigenvalue weighted by Crippen LogP contribution is 2.11. The quantitative estimate of drug-likeness (QED) is 0.747. The van der Waals surface area contributed by atoms with Crippen LogP contribution in [0, 0.1) is 17.6 Å². The Balaban J connectivity index is 2.65. The van der Waals surface area contributed by atoms with Gasteiger partial charge >= 0.3 is 0 Å². The summed E-state index contributed by atoms with van der Waals surface area (Å²) >= 11 is 0. The number of carbonyl (C=O) groups excluding carboxylic acids is 1. The smallest absolute Gasteiger partial charge is 0.178 e. The van der Waals surface area contributed by atoms with Crippen molar-refractivity contribution >= 4 is 16.6 Å². The molecule has 0 saturated heterocycles. The van der Waals surface area contributed by atoms with Gasteiger partial charge in [-0.1, -0.05) is 13.8 Å². The van der Waals surface area contributed by atoms with E-state index in [2.05, 4.69) is 0 Å². The SMILES string of the molecule is CC(C)CCS(=O)CC(=O)c1cc(F)ccc1F. The van der Waals surface area contributed by atoms with Crippen LogP contribution in [0.3, 0.4) is 0 Å². The van der Waals surface area contributed by atoms with Crippen molar-refractivity contribution in [3.05, 3.63) is 35.4 Å². The molecule has 0 amide bonds. The van der Waals surface area contributed by atoms with Crippen LogP contribution >= 0.6 is 0 Å². The Bertz CT molecular complexity index is 458. The summed E-state index contributed by atoms with van der Waals surface area (Å²) in [5.41, 5.74) is -0.326. The predicted octanol–water partition coefficient (Wildman–Crippen LogP) is 2.94. The van der Waals surface area contributed by atoms with Crippen LogP contribution in [-0.2, 0) is 10.8 Å². The van der Waals surface area contributed by atoms with Crippen LogP contribution < -0.4 is 0 Å². The molecule has 0 aromatic heterocycles. The second-order valence-corrected chi connectivity index (χ2v) is 6.09. The first-order valence-corrected chi connectivity index (χ1v) is 7.22. The zero-order valence-electron chi connectivity index (χ0n) is 10.4. The molecule has 0 heterocycles. The maximum atomic E-state index is 13.3. The van der Waals surface area contributed by atoms with Crippen LogP contribution in [0.15, 0.2) is 18.2 Å². The number of ketones is 1. The Kier molecular flexibility index (Phi) is 5.59. The van der Waals surface area contributed by atoms with Gasteiger partial charge in [-0.05, 0) is 30.5 Å². The summed E-state index contributed by atoms with van der Waals surface area (Å²) in [6.45, 7) is 3.98. The van der Waals surface area contributed by atoms with Crippen molar-refractivity contribution in [2.75, 3.05) is 11.5 Å². The summed E-state index contributed by atoms with van der Waals surface area (Å²) in [6.07, 6.45) is 0.742. The van der Waals surface area contributed by atoms with Crippen LogP contribution in [-0.4, -0.2) is 21.5 Å². The average Bonchev–Trinajstić information content (AvgIpc) is 2.29. The van der Waals surface area contributed by atoms with Gasteiger partial charge in [-0.2, -0.15) is 0 Å². The van der Waals surface area contributed by atoms with E-state index >= 15 is 0 Å². The highest BCUT2D eigenvalue weighted by molar-refractivity contribution is 7.85. The topological polar surface area (TPSA) is 34.1 Å². The molecular weight excluding hydrogens is 258 g/mol. The number of Topliss-reactive ketones (excluding diaryl/α,β-unsaturated/α-hetero) is 1. The standard InChI is InChI=1S/C13H16F2O2S/c1-9(2)5-6-18(17)8-13(16)11-7-10(14)3-4-12(11)15/h3-4,7,9H,5-6,8H2,1-2H3. The molecule has 1 unspecified atom stereocenters. The van der Waals surface area contributed by atoms with Gasteiger partial charge in [0.25, 0.3) is 0 Å². The van der Waals surface area contributed by atoms with Crippen molar-refractivity contribution in [1.29, 1.82) is 0 Å². The summed E-state index contributed by atoms with van der Waals surface area (Å²) < 4.78 is 37.8. The normalized spacial score (nSPS) is 12.7. The van der Waals surface area contributed by atoms with Crippen molar-refractivity contribution < 1.29 is 17.8 Å². The van der Waals surface area contributed by atoms with Gasteiger partial charge in [-0.25, -0.2) is 8.78 Å². The van der Waals surface area contributed by atoms with Crippen molar-refractivity contribution in [2.45, 2.75) is 20.3 Å². The monoisotopic (exact) mass is 274 g/mol. The molecule has 0 spiro atoms. The second-order valence-electron chi connectivity index (χ2n) is 4.52. The first kappa shape index (κ1) is 15.0. The van der Waals surface area contributed by atoms with Gasteiger partial charge in [0, 0.05) is 16.6 Å². The number of rotatable bonds is 6. The van der Waals surface area contributed by atoms with Gasteiger partial charge < -0.3 is 0 Å². The minimum absolute atomic E-state index is 0.257. The fraction of sp³-hybridized carbons (Fsp3) is 0.462. The van der Waals surface area contributed by atoms with Gasteiger partial charge in [-0.3, -0.25) is 9.00 Å². The number of hydrogen-bond acceptors (Lipinski definition) is 2. The average molecular weight is 274 g/mol. The third kappa shape index (κ3) is 4.64. The predicted molar refractivity (Wildman–Crippen MR) is 68.0 cm³/mol. The number of benzene rings is 1. The highest BCUT2D eigenvalue weighted by atomic mass is 32.2. The highest BCUT2D eigenvalue weighted by Gasteiger charge is 2.15. The summed E-state index contributed by atoms with van der Waals surface area (Å²) in [7, 11) is -1.32. The zero-order chi connectivity index (χ0) is 13.7. The Morgan fingerprint density at radius 1 is 1.33 bits per heavy atom.